The van der Waals surface area contributed by atoms with Crippen LogP contribution in [0.25, 0.3) is 10.8 Å². The fraction of sp³-hybridized carbons (Fsp3) is 0.610. The molecule has 0 aliphatic rings. The number of sulfonamides is 1. The van der Waals surface area contributed by atoms with E-state index in [0.29, 0.717) is 50.8 Å². The maximum Gasteiger partial charge on any atom is 0.261 e. The van der Waals surface area contributed by atoms with Crippen molar-refractivity contribution in [3.63, 3.8) is 0 Å². The van der Waals surface area contributed by atoms with Crippen LogP contribution in [0.4, 0.5) is 17.1 Å². The number of phenols is 1. The highest BCUT2D eigenvalue weighted by Crippen LogP contribution is 2.40. The zero-order chi connectivity index (χ0) is 50.1. The summed E-state index contributed by atoms with van der Waals surface area (Å²) >= 11 is 12.4. The monoisotopic (exact) mass is 1020 g/mol. The minimum absolute atomic E-state index is 0.00518. The van der Waals surface area contributed by atoms with Gasteiger partial charge in [0.05, 0.1) is 15.6 Å². The van der Waals surface area contributed by atoms with Crippen molar-refractivity contribution in [1.29, 1.82) is 0 Å². The standard InChI is InChI=1S/C59H88Cl2N4O4S/c1-3-5-7-9-11-13-15-17-19-21-23-25-27-29-31-33-45-65(46-34-32-30-28-26-24-22-20-18-16-14-12-10-8-6-4-2)59(67)49-37-35-38-51(47-49)70(68,69)64-55-40-36-39-53-52(55)42-44-57(66)58(53)63-62-56-48-50(60)41-43-54(56)61/h35-44,47-48,64,66H,3-34,45-46H2,1-2H3. The largest absolute Gasteiger partial charge is 0.506 e. The second-order valence-corrected chi connectivity index (χ2v) is 22.2. The summed E-state index contributed by atoms with van der Waals surface area (Å²) in [7, 11) is -4.13. The van der Waals surface area contributed by atoms with Crippen molar-refractivity contribution in [1.82, 2.24) is 4.90 Å². The second-order valence-electron chi connectivity index (χ2n) is 19.7. The molecule has 11 heteroatoms. The van der Waals surface area contributed by atoms with E-state index in [1.165, 1.54) is 198 Å². The summed E-state index contributed by atoms with van der Waals surface area (Å²) in [6.45, 7) is 5.88. The maximum absolute atomic E-state index is 14.3. The van der Waals surface area contributed by atoms with Gasteiger partial charge in [-0.25, -0.2) is 8.42 Å². The fourth-order valence-electron chi connectivity index (χ4n) is 9.39. The van der Waals surface area contributed by atoms with Crippen LogP contribution in [0.1, 0.15) is 230 Å². The molecule has 0 aromatic heterocycles. The third kappa shape index (κ3) is 22.8. The van der Waals surface area contributed by atoms with Crippen molar-refractivity contribution in [2.75, 3.05) is 17.8 Å². The van der Waals surface area contributed by atoms with Crippen LogP contribution in [0.2, 0.25) is 10.0 Å². The number of anilines is 1. The first-order valence-electron chi connectivity index (χ1n) is 27.7. The van der Waals surface area contributed by atoms with E-state index < -0.39 is 10.0 Å². The summed E-state index contributed by atoms with van der Waals surface area (Å²) < 4.78 is 30.8. The molecule has 0 unspecified atom stereocenters. The summed E-state index contributed by atoms with van der Waals surface area (Å²) in [6, 6.07) is 19.3. The lowest BCUT2D eigenvalue weighted by Crippen LogP contribution is -2.33. The van der Waals surface area contributed by atoms with Gasteiger partial charge in [-0.3, -0.25) is 9.52 Å². The molecule has 0 bridgehead atoms. The number of rotatable bonds is 40. The number of hydrogen-bond donors (Lipinski definition) is 2. The van der Waals surface area contributed by atoms with E-state index in [9.17, 15) is 18.3 Å². The van der Waals surface area contributed by atoms with Gasteiger partial charge in [-0.1, -0.05) is 248 Å². The molecule has 0 saturated heterocycles. The van der Waals surface area contributed by atoms with Gasteiger partial charge in [0, 0.05) is 34.4 Å². The second kappa shape index (κ2) is 35.5. The molecule has 0 saturated carbocycles. The molecule has 8 nitrogen and oxygen atoms in total. The van der Waals surface area contributed by atoms with Crippen LogP contribution in [-0.2, 0) is 10.0 Å². The van der Waals surface area contributed by atoms with Gasteiger partial charge >= 0.3 is 0 Å². The van der Waals surface area contributed by atoms with E-state index in [4.69, 9.17) is 23.2 Å². The number of carbonyl (C=O) groups excluding carboxylic acids is 1. The molecular weight excluding hydrogens is 932 g/mol. The molecule has 4 aromatic rings. The molecule has 2 N–H and O–H groups in total. The van der Waals surface area contributed by atoms with E-state index in [0.717, 1.165) is 25.7 Å². The highest BCUT2D eigenvalue weighted by molar-refractivity contribution is 7.92. The third-order valence-electron chi connectivity index (χ3n) is 13.7. The lowest BCUT2D eigenvalue weighted by atomic mass is 10.0. The van der Waals surface area contributed by atoms with E-state index in [2.05, 4.69) is 28.8 Å². The Morgan fingerprint density at radius 1 is 0.529 bits per heavy atom. The molecule has 0 radical (unpaired) electrons. The Morgan fingerprint density at radius 3 is 1.47 bits per heavy atom. The number of phenolic OH excluding ortho intramolecular Hbond substituents is 1. The normalized spacial score (nSPS) is 11.8. The highest BCUT2D eigenvalue weighted by atomic mass is 35.5. The zero-order valence-corrected chi connectivity index (χ0v) is 45.5. The Morgan fingerprint density at radius 2 is 0.986 bits per heavy atom. The molecule has 4 rings (SSSR count). The van der Waals surface area contributed by atoms with Gasteiger partial charge < -0.3 is 10.0 Å². The maximum atomic E-state index is 14.3. The number of nitrogens with one attached hydrogen (secondary N) is 1. The van der Waals surface area contributed by atoms with Gasteiger partial charge in [0.15, 0.2) is 0 Å². The molecule has 388 valence electrons. The topological polar surface area (TPSA) is 111 Å². The molecule has 4 aromatic carbocycles. The number of azo groups is 1. The smallest absolute Gasteiger partial charge is 0.261 e. The summed E-state index contributed by atoms with van der Waals surface area (Å²) in [5.74, 6) is -0.265. The summed E-state index contributed by atoms with van der Waals surface area (Å²) in [4.78, 5) is 16.2. The van der Waals surface area contributed by atoms with Crippen LogP contribution in [-0.4, -0.2) is 37.4 Å². The van der Waals surface area contributed by atoms with Crippen LogP contribution in [0.5, 0.6) is 5.75 Å². The van der Waals surface area contributed by atoms with Gasteiger partial charge in [0.25, 0.3) is 15.9 Å². The van der Waals surface area contributed by atoms with E-state index >= 15 is 0 Å². The first-order chi connectivity index (χ1) is 34.1. The average molecular weight is 1020 g/mol. The Hall–Kier alpha value is -3.66. The average Bonchev–Trinajstić information content (AvgIpc) is 3.35. The molecule has 1 amide bonds. The molecular formula is C59H88Cl2N4O4S. The first-order valence-corrected chi connectivity index (χ1v) is 29.9. The minimum Gasteiger partial charge on any atom is -0.506 e. The van der Waals surface area contributed by atoms with E-state index in [1.54, 1.807) is 54.6 Å². The van der Waals surface area contributed by atoms with Gasteiger partial charge in [-0.15, -0.1) is 10.2 Å². The number of unbranched alkanes of at least 4 members (excludes halogenated alkanes) is 30. The van der Waals surface area contributed by atoms with E-state index in [1.807, 2.05) is 4.90 Å². The Bertz CT molecular complexity index is 2180. The number of carbonyl (C=O) groups is 1. The fourth-order valence-corrected chi connectivity index (χ4v) is 10.8. The molecule has 70 heavy (non-hydrogen) atoms. The van der Waals surface area contributed by atoms with Crippen LogP contribution >= 0.6 is 23.2 Å². The predicted molar refractivity (Wildman–Crippen MR) is 298 cm³/mol. The Labute approximate surface area is 434 Å². The molecule has 0 heterocycles. The van der Waals surface area contributed by atoms with Crippen LogP contribution < -0.4 is 4.72 Å². The van der Waals surface area contributed by atoms with E-state index in [-0.39, 0.29) is 22.2 Å². The summed E-state index contributed by atoms with van der Waals surface area (Å²) in [5, 5.41) is 21.1. The molecule has 0 aliphatic heterocycles. The first kappa shape index (κ1) is 58.9. The third-order valence-corrected chi connectivity index (χ3v) is 15.6. The van der Waals surface area contributed by atoms with Gasteiger partial charge in [-0.05, 0) is 67.4 Å². The van der Waals surface area contributed by atoms with Crippen molar-refractivity contribution in [3.8, 4) is 5.75 Å². The lowest BCUT2D eigenvalue weighted by Gasteiger charge is -2.23. The van der Waals surface area contributed by atoms with Crippen LogP contribution in [0, 0.1) is 0 Å². The van der Waals surface area contributed by atoms with Crippen LogP contribution in [0.15, 0.2) is 87.9 Å². The predicted octanol–water partition coefficient (Wildman–Crippen LogP) is 20.0. The van der Waals surface area contributed by atoms with Crippen LogP contribution in [0.3, 0.4) is 0 Å². The number of nitrogens with zero attached hydrogens (tertiary/aromatic N) is 3. The number of hydrogen-bond acceptors (Lipinski definition) is 6. The molecule has 0 spiro atoms. The van der Waals surface area contributed by atoms with Crippen molar-refractivity contribution in [2.45, 2.75) is 224 Å². The number of halogens is 2. The minimum atomic E-state index is -4.13. The van der Waals surface area contributed by atoms with Crippen molar-refractivity contribution < 1.29 is 18.3 Å². The van der Waals surface area contributed by atoms with Gasteiger partial charge in [0.1, 0.15) is 17.1 Å². The molecule has 0 atom stereocenters. The van der Waals surface area contributed by atoms with Crippen molar-refractivity contribution in [2.24, 2.45) is 10.2 Å². The van der Waals surface area contributed by atoms with Gasteiger partial charge in [0.2, 0.25) is 0 Å². The molecule has 0 fully saturated rings. The number of aromatic hydroxyl groups is 1. The van der Waals surface area contributed by atoms with Crippen molar-refractivity contribution in [3.05, 3.63) is 88.4 Å². The Kier molecular flexibility index (Phi) is 29.8. The van der Waals surface area contributed by atoms with Gasteiger partial charge in [-0.2, -0.15) is 0 Å². The van der Waals surface area contributed by atoms with Crippen molar-refractivity contribution >= 4 is 67.0 Å². The lowest BCUT2D eigenvalue weighted by molar-refractivity contribution is 0.0749. The number of fused-ring (bicyclic) bond motifs is 1. The Balaban J connectivity index is 1.30. The highest BCUT2D eigenvalue weighted by Gasteiger charge is 2.21. The summed E-state index contributed by atoms with van der Waals surface area (Å²) in [6.07, 6.45) is 41.5. The number of benzene rings is 4. The zero-order valence-electron chi connectivity index (χ0n) is 43.1. The summed E-state index contributed by atoms with van der Waals surface area (Å²) in [5.41, 5.74) is 1.13. The quantitative estimate of drug-likeness (QED) is 0.0341. The SMILES string of the molecule is CCCCCCCCCCCCCCCCCCN(CCCCCCCCCCCCCCCCCC)C(=O)c1cccc(S(=O)(=O)Nc2cccc3c(N=Nc4cc(Cl)ccc4Cl)c(O)ccc23)c1. The number of amides is 1. The molecule has 0 aliphatic carbocycles.